The molecule has 0 aliphatic carbocycles. The van der Waals surface area contributed by atoms with Crippen molar-refractivity contribution in [3.8, 4) is 0 Å². The lowest BCUT2D eigenvalue weighted by molar-refractivity contribution is -0.128. The first-order chi connectivity index (χ1) is 10.4. The van der Waals surface area contributed by atoms with Gasteiger partial charge in [0.25, 0.3) is 0 Å². The highest BCUT2D eigenvalue weighted by Crippen LogP contribution is 2.44. The van der Waals surface area contributed by atoms with Crippen LogP contribution in [0.1, 0.15) is 38.9 Å². The zero-order valence-electron chi connectivity index (χ0n) is 14.0. The van der Waals surface area contributed by atoms with E-state index in [0.29, 0.717) is 30.1 Å². The Morgan fingerprint density at radius 3 is 2.82 bits per heavy atom. The van der Waals surface area contributed by atoms with Crippen molar-refractivity contribution in [3.63, 3.8) is 0 Å². The molecular weight excluding hydrogens is 280 g/mol. The molecule has 2 fully saturated rings. The lowest BCUT2D eigenvalue weighted by Crippen LogP contribution is -2.52. The molecule has 0 bridgehead atoms. The third-order valence-electron chi connectivity index (χ3n) is 5.02. The summed E-state index contributed by atoms with van der Waals surface area (Å²) in [4.78, 5) is 20.8. The third kappa shape index (κ3) is 2.64. The van der Waals surface area contributed by atoms with Crippen LogP contribution in [0.2, 0.25) is 0 Å². The van der Waals surface area contributed by atoms with Gasteiger partial charge in [-0.2, -0.15) is 4.98 Å². The van der Waals surface area contributed by atoms with Gasteiger partial charge in [0, 0.05) is 33.1 Å². The smallest absolute Gasteiger partial charge is 0.236 e. The molecule has 0 unspecified atom stereocenters. The maximum absolute atomic E-state index is 11.9. The number of nitrogens with zero attached hydrogens (tertiary/aromatic N) is 4. The topological polar surface area (TPSA) is 62.5 Å². The molecule has 2 aliphatic rings. The summed E-state index contributed by atoms with van der Waals surface area (Å²) in [7, 11) is 0. The Morgan fingerprint density at radius 2 is 2.23 bits per heavy atom. The standard InChI is InChI=1S/C16H26N4O2/c1-11(2)7-19-6-5-14-8-20(13(4)21)10-16(14,9-19)15-17-12(3)18-22-15/h11,14H,5-10H2,1-4H3/t14-,16-/m0/s1. The lowest BCUT2D eigenvalue weighted by Gasteiger charge is -2.42. The third-order valence-corrected chi connectivity index (χ3v) is 5.02. The van der Waals surface area contributed by atoms with Gasteiger partial charge >= 0.3 is 0 Å². The molecule has 1 amide bonds. The fraction of sp³-hybridized carbons (Fsp3) is 0.812. The molecule has 2 aliphatic heterocycles. The molecule has 0 saturated carbocycles. The highest BCUT2D eigenvalue weighted by atomic mass is 16.5. The fourth-order valence-corrected chi connectivity index (χ4v) is 4.06. The van der Waals surface area contributed by atoms with Crippen LogP contribution in [-0.2, 0) is 10.2 Å². The second kappa shape index (κ2) is 5.65. The average molecular weight is 306 g/mol. The van der Waals surface area contributed by atoms with E-state index in [1.165, 1.54) is 0 Å². The predicted octanol–water partition coefficient (Wildman–Crippen LogP) is 1.46. The minimum atomic E-state index is -0.194. The van der Waals surface area contributed by atoms with Crippen molar-refractivity contribution in [1.82, 2.24) is 19.9 Å². The van der Waals surface area contributed by atoms with Gasteiger partial charge in [0.05, 0.1) is 5.41 Å². The highest BCUT2D eigenvalue weighted by Gasteiger charge is 2.54. The van der Waals surface area contributed by atoms with E-state index in [9.17, 15) is 4.79 Å². The quantitative estimate of drug-likeness (QED) is 0.846. The summed E-state index contributed by atoms with van der Waals surface area (Å²) in [6.45, 7) is 12.6. The van der Waals surface area contributed by atoms with E-state index >= 15 is 0 Å². The van der Waals surface area contributed by atoms with Gasteiger partial charge in [-0.25, -0.2) is 0 Å². The summed E-state index contributed by atoms with van der Waals surface area (Å²) >= 11 is 0. The summed E-state index contributed by atoms with van der Waals surface area (Å²) in [5.41, 5.74) is -0.194. The second-order valence-electron chi connectivity index (χ2n) is 7.32. The van der Waals surface area contributed by atoms with E-state index in [2.05, 4.69) is 28.9 Å². The molecule has 1 aromatic heterocycles. The van der Waals surface area contributed by atoms with Crippen molar-refractivity contribution < 1.29 is 9.32 Å². The second-order valence-corrected chi connectivity index (χ2v) is 7.32. The van der Waals surface area contributed by atoms with Gasteiger partial charge in [-0.3, -0.25) is 4.79 Å². The number of carbonyl (C=O) groups excluding carboxylic acids is 1. The van der Waals surface area contributed by atoms with Crippen LogP contribution in [0.3, 0.4) is 0 Å². The molecule has 2 atom stereocenters. The number of carbonyl (C=O) groups is 1. The van der Waals surface area contributed by atoms with Crippen LogP contribution in [0.5, 0.6) is 0 Å². The molecular formula is C16H26N4O2. The molecule has 1 aromatic rings. The largest absolute Gasteiger partial charge is 0.341 e. The van der Waals surface area contributed by atoms with Gasteiger partial charge in [0.15, 0.2) is 5.82 Å². The number of likely N-dealkylation sites (tertiary alicyclic amines) is 2. The molecule has 3 heterocycles. The number of aryl methyl sites for hydroxylation is 1. The van der Waals surface area contributed by atoms with Gasteiger partial charge in [0.2, 0.25) is 11.8 Å². The summed E-state index contributed by atoms with van der Waals surface area (Å²) in [6, 6.07) is 0. The number of hydrogen-bond donors (Lipinski definition) is 0. The summed E-state index contributed by atoms with van der Waals surface area (Å²) in [5.74, 6) is 2.57. The Morgan fingerprint density at radius 1 is 1.45 bits per heavy atom. The molecule has 0 radical (unpaired) electrons. The SMILES string of the molecule is CC(=O)N1C[C@@H]2CCN(CC(C)C)C[C@]2(c2nc(C)no2)C1. The highest BCUT2D eigenvalue weighted by molar-refractivity contribution is 5.74. The van der Waals surface area contributed by atoms with Crippen LogP contribution >= 0.6 is 0 Å². The first kappa shape index (κ1) is 15.5. The molecule has 0 aromatic carbocycles. The Labute approximate surface area is 131 Å². The van der Waals surface area contributed by atoms with Crippen molar-refractivity contribution in [2.45, 2.75) is 39.5 Å². The maximum Gasteiger partial charge on any atom is 0.236 e. The van der Waals surface area contributed by atoms with Crippen molar-refractivity contribution >= 4 is 5.91 Å². The molecule has 6 nitrogen and oxygen atoms in total. The van der Waals surface area contributed by atoms with E-state index in [0.717, 1.165) is 32.6 Å². The van der Waals surface area contributed by atoms with Crippen molar-refractivity contribution in [2.75, 3.05) is 32.7 Å². The minimum Gasteiger partial charge on any atom is -0.341 e. The van der Waals surface area contributed by atoms with Crippen molar-refractivity contribution in [3.05, 3.63) is 11.7 Å². The van der Waals surface area contributed by atoms with Gasteiger partial charge in [-0.1, -0.05) is 19.0 Å². The summed E-state index contributed by atoms with van der Waals surface area (Å²) < 4.78 is 5.56. The Balaban J connectivity index is 1.92. The van der Waals surface area contributed by atoms with E-state index in [1.807, 2.05) is 11.8 Å². The molecule has 22 heavy (non-hydrogen) atoms. The molecule has 0 N–H and O–H groups in total. The van der Waals surface area contributed by atoms with Crippen LogP contribution < -0.4 is 0 Å². The monoisotopic (exact) mass is 306 g/mol. The Kier molecular flexibility index (Phi) is 3.97. The summed E-state index contributed by atoms with van der Waals surface area (Å²) in [6.07, 6.45) is 1.08. The number of amides is 1. The first-order valence-electron chi connectivity index (χ1n) is 8.19. The molecule has 3 rings (SSSR count). The van der Waals surface area contributed by atoms with Crippen LogP contribution in [-0.4, -0.2) is 58.6 Å². The fourth-order valence-electron chi connectivity index (χ4n) is 4.06. The zero-order valence-corrected chi connectivity index (χ0v) is 14.0. The molecule has 6 heteroatoms. The summed E-state index contributed by atoms with van der Waals surface area (Å²) in [5, 5.41) is 3.99. The zero-order chi connectivity index (χ0) is 15.9. The van der Waals surface area contributed by atoms with E-state index in [-0.39, 0.29) is 11.3 Å². The van der Waals surface area contributed by atoms with E-state index in [4.69, 9.17) is 4.52 Å². The predicted molar refractivity (Wildman–Crippen MR) is 82.4 cm³/mol. The van der Waals surface area contributed by atoms with Crippen molar-refractivity contribution in [2.24, 2.45) is 11.8 Å². The van der Waals surface area contributed by atoms with Crippen molar-refractivity contribution in [1.29, 1.82) is 0 Å². The number of aromatic nitrogens is 2. The van der Waals surface area contributed by atoms with Crippen LogP contribution in [0.25, 0.3) is 0 Å². The van der Waals surface area contributed by atoms with Crippen LogP contribution in [0.4, 0.5) is 0 Å². The average Bonchev–Trinajstić information content (AvgIpc) is 3.02. The van der Waals surface area contributed by atoms with Gasteiger partial charge in [-0.05, 0) is 31.7 Å². The Hall–Kier alpha value is -1.43. The maximum atomic E-state index is 11.9. The minimum absolute atomic E-state index is 0.139. The number of piperidine rings is 1. The lowest BCUT2D eigenvalue weighted by atomic mass is 9.73. The molecule has 122 valence electrons. The number of fused-ring (bicyclic) bond motifs is 1. The number of hydrogen-bond acceptors (Lipinski definition) is 5. The number of rotatable bonds is 3. The van der Waals surface area contributed by atoms with Gasteiger partial charge in [0.1, 0.15) is 0 Å². The van der Waals surface area contributed by atoms with Crippen LogP contribution in [0, 0.1) is 18.8 Å². The molecule has 2 saturated heterocycles. The van der Waals surface area contributed by atoms with Gasteiger partial charge < -0.3 is 14.3 Å². The van der Waals surface area contributed by atoms with E-state index < -0.39 is 0 Å². The first-order valence-corrected chi connectivity index (χ1v) is 8.19. The van der Waals surface area contributed by atoms with Crippen LogP contribution in [0.15, 0.2) is 4.52 Å². The van der Waals surface area contributed by atoms with Gasteiger partial charge in [-0.15, -0.1) is 0 Å². The normalized spacial score (nSPS) is 29.1. The van der Waals surface area contributed by atoms with E-state index in [1.54, 1.807) is 6.92 Å². The molecule has 0 spiro atoms. The Bertz CT molecular complexity index is 556.